The van der Waals surface area contributed by atoms with E-state index < -0.39 is 5.25 Å². The quantitative estimate of drug-likeness (QED) is 0.921. The van der Waals surface area contributed by atoms with Gasteiger partial charge in [-0.2, -0.15) is 0 Å². The van der Waals surface area contributed by atoms with Crippen molar-refractivity contribution < 1.29 is 14.3 Å². The minimum Gasteiger partial charge on any atom is -0.497 e. The maximum Gasteiger partial charge on any atom is 0.238 e. The molecule has 0 saturated carbocycles. The second kappa shape index (κ2) is 6.39. The first-order valence-corrected chi connectivity index (χ1v) is 8.02. The van der Waals surface area contributed by atoms with E-state index in [-0.39, 0.29) is 18.2 Å². The Balaban J connectivity index is 1.67. The molecule has 0 aromatic heterocycles. The SMILES string of the molecule is COc1ccc(NC(=O)[C@H]2CC(=O)N3CCCN=C3S2)cc1. The van der Waals surface area contributed by atoms with Gasteiger partial charge >= 0.3 is 0 Å². The van der Waals surface area contributed by atoms with Gasteiger partial charge in [-0.3, -0.25) is 19.5 Å². The number of amides is 2. The van der Waals surface area contributed by atoms with Crippen molar-refractivity contribution in [2.45, 2.75) is 18.1 Å². The summed E-state index contributed by atoms with van der Waals surface area (Å²) in [5, 5.41) is 3.09. The van der Waals surface area contributed by atoms with E-state index in [2.05, 4.69) is 10.3 Å². The van der Waals surface area contributed by atoms with Crippen LogP contribution in [0, 0.1) is 0 Å². The molecule has 0 spiro atoms. The van der Waals surface area contributed by atoms with E-state index in [9.17, 15) is 9.59 Å². The maximum atomic E-state index is 12.4. The molecule has 2 aliphatic rings. The van der Waals surface area contributed by atoms with Crippen molar-refractivity contribution in [1.82, 2.24) is 4.90 Å². The minimum atomic E-state index is -0.428. The van der Waals surface area contributed by atoms with Crippen molar-refractivity contribution in [1.29, 1.82) is 0 Å². The van der Waals surface area contributed by atoms with Crippen molar-refractivity contribution in [2.75, 3.05) is 25.5 Å². The number of carbonyl (C=O) groups excluding carboxylic acids is 2. The normalized spacial score (nSPS) is 21.0. The maximum absolute atomic E-state index is 12.4. The van der Waals surface area contributed by atoms with Crippen LogP contribution >= 0.6 is 11.8 Å². The summed E-state index contributed by atoms with van der Waals surface area (Å²) in [6.07, 6.45) is 1.10. The second-order valence-electron chi connectivity index (χ2n) is 5.09. The summed E-state index contributed by atoms with van der Waals surface area (Å²) in [4.78, 5) is 30.5. The number of anilines is 1. The fourth-order valence-electron chi connectivity index (χ4n) is 2.40. The van der Waals surface area contributed by atoms with Crippen molar-refractivity contribution in [3.63, 3.8) is 0 Å². The molecule has 3 rings (SSSR count). The zero-order valence-electron chi connectivity index (χ0n) is 12.2. The summed E-state index contributed by atoms with van der Waals surface area (Å²) < 4.78 is 5.08. The number of aliphatic imine (C=N–C) groups is 1. The third-order valence-corrected chi connectivity index (χ3v) is 4.80. The number of fused-ring (bicyclic) bond motifs is 1. The van der Waals surface area contributed by atoms with Gasteiger partial charge in [-0.05, 0) is 30.7 Å². The fraction of sp³-hybridized carbons (Fsp3) is 0.400. The molecule has 7 heteroatoms. The molecule has 2 heterocycles. The molecular formula is C15H17N3O3S. The number of hydrogen-bond donors (Lipinski definition) is 1. The van der Waals surface area contributed by atoms with E-state index in [0.29, 0.717) is 17.4 Å². The number of methoxy groups -OCH3 is 1. The topological polar surface area (TPSA) is 71.0 Å². The average Bonchev–Trinajstić information content (AvgIpc) is 2.55. The molecule has 1 atom stereocenters. The van der Waals surface area contributed by atoms with E-state index in [1.54, 1.807) is 36.3 Å². The Bertz CT molecular complexity index is 615. The summed E-state index contributed by atoms with van der Waals surface area (Å²) in [5.74, 6) is 0.538. The Kier molecular flexibility index (Phi) is 4.33. The monoisotopic (exact) mass is 319 g/mol. The molecule has 0 aliphatic carbocycles. The predicted octanol–water partition coefficient (Wildman–Crippen LogP) is 1.73. The van der Waals surface area contributed by atoms with Crippen molar-refractivity contribution in [2.24, 2.45) is 4.99 Å². The average molecular weight is 319 g/mol. The molecule has 0 bridgehead atoms. The molecule has 1 N–H and O–H groups in total. The third-order valence-electron chi connectivity index (χ3n) is 3.58. The molecule has 22 heavy (non-hydrogen) atoms. The molecule has 2 amide bonds. The summed E-state index contributed by atoms with van der Waals surface area (Å²) in [6.45, 7) is 1.43. The first-order valence-electron chi connectivity index (χ1n) is 7.14. The van der Waals surface area contributed by atoms with E-state index >= 15 is 0 Å². The van der Waals surface area contributed by atoms with Crippen molar-refractivity contribution >= 4 is 34.4 Å². The van der Waals surface area contributed by atoms with Gasteiger partial charge in [0.1, 0.15) is 11.0 Å². The van der Waals surface area contributed by atoms with Gasteiger partial charge in [0.15, 0.2) is 5.17 Å². The van der Waals surface area contributed by atoms with Crippen LogP contribution in [0.15, 0.2) is 29.3 Å². The number of nitrogens with one attached hydrogen (secondary N) is 1. The van der Waals surface area contributed by atoms with Crippen LogP contribution in [0.3, 0.4) is 0 Å². The highest BCUT2D eigenvalue weighted by atomic mass is 32.2. The van der Waals surface area contributed by atoms with Crippen molar-refractivity contribution in [3.8, 4) is 5.75 Å². The van der Waals surface area contributed by atoms with Crippen LogP contribution in [0.2, 0.25) is 0 Å². The number of nitrogens with zero attached hydrogens (tertiary/aromatic N) is 2. The molecule has 116 valence electrons. The second-order valence-corrected chi connectivity index (χ2v) is 6.26. The van der Waals surface area contributed by atoms with Crippen LogP contribution in [0.5, 0.6) is 5.75 Å². The molecule has 1 aromatic carbocycles. The van der Waals surface area contributed by atoms with Gasteiger partial charge in [0.2, 0.25) is 11.8 Å². The van der Waals surface area contributed by atoms with Crippen molar-refractivity contribution in [3.05, 3.63) is 24.3 Å². The predicted molar refractivity (Wildman–Crippen MR) is 86.3 cm³/mol. The van der Waals surface area contributed by atoms with Gasteiger partial charge in [-0.15, -0.1) is 0 Å². The number of ether oxygens (including phenoxy) is 1. The first kappa shape index (κ1) is 14.9. The Morgan fingerprint density at radius 1 is 1.41 bits per heavy atom. The lowest BCUT2D eigenvalue weighted by atomic mass is 10.2. The molecule has 0 radical (unpaired) electrons. The summed E-state index contributed by atoms with van der Waals surface area (Å²) in [6, 6.07) is 7.11. The molecule has 6 nitrogen and oxygen atoms in total. The molecular weight excluding hydrogens is 302 g/mol. The summed E-state index contributed by atoms with van der Waals surface area (Å²) in [5.41, 5.74) is 0.687. The molecule has 1 fully saturated rings. The Hall–Kier alpha value is -2.02. The van der Waals surface area contributed by atoms with E-state index in [1.165, 1.54) is 11.8 Å². The zero-order valence-corrected chi connectivity index (χ0v) is 13.1. The van der Waals surface area contributed by atoms with E-state index in [4.69, 9.17) is 4.74 Å². The highest BCUT2D eigenvalue weighted by Gasteiger charge is 2.36. The Morgan fingerprint density at radius 2 is 2.18 bits per heavy atom. The third kappa shape index (κ3) is 3.09. The highest BCUT2D eigenvalue weighted by Crippen LogP contribution is 2.29. The van der Waals surface area contributed by atoms with E-state index in [0.717, 1.165) is 18.7 Å². The molecule has 1 aromatic rings. The summed E-state index contributed by atoms with van der Waals surface area (Å²) >= 11 is 1.37. The van der Waals surface area contributed by atoms with Crippen LogP contribution in [-0.4, -0.2) is 47.3 Å². The number of carbonyl (C=O) groups is 2. The molecule has 1 saturated heterocycles. The van der Waals surface area contributed by atoms with Gasteiger partial charge in [0.25, 0.3) is 0 Å². The molecule has 2 aliphatic heterocycles. The Labute approximate surface area is 132 Å². The number of amidine groups is 1. The minimum absolute atomic E-state index is 0.0212. The molecule has 0 unspecified atom stereocenters. The number of rotatable bonds is 3. The Morgan fingerprint density at radius 3 is 2.91 bits per heavy atom. The van der Waals surface area contributed by atoms with Gasteiger partial charge in [-0.1, -0.05) is 11.8 Å². The standard InChI is InChI=1S/C15H17N3O3S/c1-21-11-5-3-10(4-6-11)17-14(20)12-9-13(19)18-8-2-7-16-15(18)22-12/h3-6,12H,2,7-9H2,1H3,(H,17,20)/t12-/m1/s1. The smallest absolute Gasteiger partial charge is 0.238 e. The van der Waals surface area contributed by atoms with Crippen LogP contribution in [0.4, 0.5) is 5.69 Å². The highest BCUT2D eigenvalue weighted by molar-refractivity contribution is 8.15. The number of benzene rings is 1. The largest absolute Gasteiger partial charge is 0.497 e. The zero-order chi connectivity index (χ0) is 15.5. The van der Waals surface area contributed by atoms with Gasteiger partial charge in [-0.25, -0.2) is 0 Å². The van der Waals surface area contributed by atoms with Gasteiger partial charge < -0.3 is 10.1 Å². The lowest BCUT2D eigenvalue weighted by Crippen LogP contribution is -2.47. The van der Waals surface area contributed by atoms with Crippen LogP contribution in [-0.2, 0) is 9.59 Å². The van der Waals surface area contributed by atoms with Gasteiger partial charge in [0.05, 0.1) is 7.11 Å². The van der Waals surface area contributed by atoms with Gasteiger partial charge in [0, 0.05) is 25.2 Å². The van der Waals surface area contributed by atoms with E-state index in [1.807, 2.05) is 0 Å². The van der Waals surface area contributed by atoms with Crippen LogP contribution < -0.4 is 10.1 Å². The summed E-state index contributed by atoms with van der Waals surface area (Å²) in [7, 11) is 1.59. The lowest BCUT2D eigenvalue weighted by Gasteiger charge is -2.33. The first-order chi connectivity index (χ1) is 10.7. The number of hydrogen-bond acceptors (Lipinski definition) is 5. The lowest BCUT2D eigenvalue weighted by molar-refractivity contribution is -0.129. The van der Waals surface area contributed by atoms with Crippen LogP contribution in [0.1, 0.15) is 12.8 Å². The van der Waals surface area contributed by atoms with Crippen LogP contribution in [0.25, 0.3) is 0 Å². The number of thioether (sulfide) groups is 1. The fourth-order valence-corrected chi connectivity index (χ4v) is 3.53.